The van der Waals surface area contributed by atoms with Gasteiger partial charge >= 0.3 is 0 Å². The van der Waals surface area contributed by atoms with E-state index >= 15 is 0 Å². The molecule has 0 aliphatic rings. The van der Waals surface area contributed by atoms with Crippen LogP contribution < -0.4 is 5.14 Å². The first-order chi connectivity index (χ1) is 9.88. The van der Waals surface area contributed by atoms with Gasteiger partial charge in [0, 0.05) is 23.8 Å². The Bertz CT molecular complexity index is 951. The van der Waals surface area contributed by atoms with Crippen molar-refractivity contribution >= 4 is 21.1 Å². The van der Waals surface area contributed by atoms with Crippen molar-refractivity contribution in [2.24, 2.45) is 5.14 Å². The Balaban J connectivity index is 2.39. The van der Waals surface area contributed by atoms with Crippen molar-refractivity contribution < 1.29 is 17.2 Å². The van der Waals surface area contributed by atoms with Crippen LogP contribution in [0.3, 0.4) is 0 Å². The maximum atomic E-state index is 13.9. The zero-order chi connectivity index (χ0) is 15.2. The molecule has 2 aromatic heterocycles. The van der Waals surface area contributed by atoms with Gasteiger partial charge in [-0.25, -0.2) is 27.3 Å². The van der Waals surface area contributed by atoms with E-state index in [9.17, 15) is 17.2 Å². The molecule has 3 aromatic rings. The molecule has 2 N–H and O–H groups in total. The largest absolute Gasteiger partial charge is 0.297 e. The summed E-state index contributed by atoms with van der Waals surface area (Å²) in [7, 11) is -3.99. The molecule has 108 valence electrons. The van der Waals surface area contributed by atoms with Gasteiger partial charge in [0.2, 0.25) is 10.0 Å². The molecule has 21 heavy (non-hydrogen) atoms. The summed E-state index contributed by atoms with van der Waals surface area (Å²) in [5, 5.41) is 5.42. The van der Waals surface area contributed by atoms with Crippen molar-refractivity contribution in [1.82, 2.24) is 9.55 Å². The number of sulfonamides is 1. The van der Waals surface area contributed by atoms with E-state index in [0.717, 1.165) is 6.07 Å². The van der Waals surface area contributed by atoms with Gasteiger partial charge in [-0.3, -0.25) is 4.57 Å². The molecule has 0 amide bonds. The fourth-order valence-electron chi connectivity index (χ4n) is 2.12. The number of hydrogen-bond donors (Lipinski definition) is 1. The number of primary sulfonamides is 1. The van der Waals surface area contributed by atoms with E-state index in [2.05, 4.69) is 4.98 Å². The number of benzene rings is 1. The second-order valence-corrected chi connectivity index (χ2v) is 5.91. The number of halogens is 2. The van der Waals surface area contributed by atoms with Crippen LogP contribution in [0.15, 0.2) is 47.6 Å². The first kappa shape index (κ1) is 13.7. The first-order valence-electron chi connectivity index (χ1n) is 5.82. The quantitative estimate of drug-likeness (QED) is 0.786. The van der Waals surface area contributed by atoms with Crippen LogP contribution in [0.5, 0.6) is 0 Å². The lowest BCUT2D eigenvalue weighted by Gasteiger charge is -2.05. The van der Waals surface area contributed by atoms with E-state index in [-0.39, 0.29) is 21.6 Å². The SMILES string of the molecule is NS(=O)(=O)c1cn(-c2ccc(F)cc2F)c2ncccc12. The Hall–Kier alpha value is -2.32. The summed E-state index contributed by atoms with van der Waals surface area (Å²) in [6.45, 7) is 0. The molecule has 0 saturated heterocycles. The first-order valence-corrected chi connectivity index (χ1v) is 7.37. The predicted molar refractivity (Wildman–Crippen MR) is 72.4 cm³/mol. The molecule has 0 fully saturated rings. The molecule has 2 heterocycles. The maximum absolute atomic E-state index is 13.9. The normalized spacial score (nSPS) is 12.0. The van der Waals surface area contributed by atoms with Crippen LogP contribution in [-0.4, -0.2) is 18.0 Å². The number of rotatable bonds is 2. The topological polar surface area (TPSA) is 78.0 Å². The average molecular weight is 309 g/mol. The number of pyridine rings is 1. The number of aromatic nitrogens is 2. The predicted octanol–water partition coefficient (Wildman–Crippen LogP) is 1.95. The lowest BCUT2D eigenvalue weighted by atomic mass is 10.3. The van der Waals surface area contributed by atoms with Gasteiger partial charge in [0.15, 0.2) is 0 Å². The molecule has 0 aliphatic heterocycles. The van der Waals surface area contributed by atoms with Gasteiger partial charge in [0.05, 0.1) is 5.69 Å². The van der Waals surface area contributed by atoms with Crippen molar-refractivity contribution in [3.63, 3.8) is 0 Å². The van der Waals surface area contributed by atoms with E-state index in [0.29, 0.717) is 6.07 Å². The molecule has 0 radical (unpaired) electrons. The van der Waals surface area contributed by atoms with Crippen LogP contribution >= 0.6 is 0 Å². The van der Waals surface area contributed by atoms with E-state index in [4.69, 9.17) is 5.14 Å². The van der Waals surface area contributed by atoms with Crippen LogP contribution in [-0.2, 0) is 10.0 Å². The van der Waals surface area contributed by atoms with Gasteiger partial charge in [-0.2, -0.15) is 0 Å². The smallest absolute Gasteiger partial charge is 0.240 e. The number of hydrogen-bond acceptors (Lipinski definition) is 3. The van der Waals surface area contributed by atoms with Gasteiger partial charge in [0.1, 0.15) is 22.2 Å². The van der Waals surface area contributed by atoms with Crippen molar-refractivity contribution in [3.05, 3.63) is 54.4 Å². The van der Waals surface area contributed by atoms with Crippen LogP contribution in [0.4, 0.5) is 8.78 Å². The highest BCUT2D eigenvalue weighted by molar-refractivity contribution is 7.89. The van der Waals surface area contributed by atoms with E-state index < -0.39 is 21.7 Å². The van der Waals surface area contributed by atoms with Crippen molar-refractivity contribution in [2.45, 2.75) is 4.90 Å². The molecule has 8 heteroatoms. The highest BCUT2D eigenvalue weighted by Gasteiger charge is 2.20. The Morgan fingerprint density at radius 1 is 1.19 bits per heavy atom. The Morgan fingerprint density at radius 2 is 1.95 bits per heavy atom. The maximum Gasteiger partial charge on any atom is 0.240 e. The van der Waals surface area contributed by atoms with Crippen LogP contribution in [0, 0.1) is 11.6 Å². The van der Waals surface area contributed by atoms with Crippen molar-refractivity contribution in [1.29, 1.82) is 0 Å². The second-order valence-electron chi connectivity index (χ2n) is 4.38. The molecule has 0 unspecified atom stereocenters. The van der Waals surface area contributed by atoms with Crippen LogP contribution in [0.25, 0.3) is 16.7 Å². The third-order valence-corrected chi connectivity index (χ3v) is 3.94. The molecule has 0 saturated carbocycles. The standard InChI is InChI=1S/C13H9F2N3O2S/c14-8-3-4-11(10(15)6-8)18-7-12(21(16,19)20)9-2-1-5-17-13(9)18/h1-7H,(H2,16,19,20). The van der Waals surface area contributed by atoms with Gasteiger partial charge in [-0.1, -0.05) is 0 Å². The van der Waals surface area contributed by atoms with Gasteiger partial charge in [-0.15, -0.1) is 0 Å². The molecule has 1 aromatic carbocycles. The Labute approximate surface area is 118 Å². The van der Waals surface area contributed by atoms with E-state index in [1.807, 2.05) is 0 Å². The highest BCUT2D eigenvalue weighted by Crippen LogP contribution is 2.27. The fourth-order valence-corrected chi connectivity index (χ4v) is 2.83. The second kappa shape index (κ2) is 4.61. The van der Waals surface area contributed by atoms with E-state index in [1.54, 1.807) is 6.07 Å². The lowest BCUT2D eigenvalue weighted by molar-refractivity contribution is 0.578. The average Bonchev–Trinajstić information content (AvgIpc) is 2.78. The van der Waals surface area contributed by atoms with Crippen molar-refractivity contribution in [3.8, 4) is 5.69 Å². The molecule has 3 rings (SSSR count). The third kappa shape index (κ3) is 2.28. The summed E-state index contributed by atoms with van der Waals surface area (Å²) in [4.78, 5) is 3.87. The minimum atomic E-state index is -3.99. The Morgan fingerprint density at radius 3 is 2.62 bits per heavy atom. The van der Waals surface area contributed by atoms with Gasteiger partial charge in [-0.05, 0) is 24.3 Å². The summed E-state index contributed by atoms with van der Waals surface area (Å²) in [5.74, 6) is -1.56. The lowest BCUT2D eigenvalue weighted by Crippen LogP contribution is -2.11. The van der Waals surface area contributed by atoms with Crippen LogP contribution in [0.1, 0.15) is 0 Å². The summed E-state index contributed by atoms with van der Waals surface area (Å²) in [6, 6.07) is 6.04. The minimum Gasteiger partial charge on any atom is -0.297 e. The zero-order valence-electron chi connectivity index (χ0n) is 10.5. The molecule has 0 bridgehead atoms. The summed E-state index contributed by atoms with van der Waals surface area (Å²) >= 11 is 0. The third-order valence-electron chi connectivity index (χ3n) is 3.00. The van der Waals surface area contributed by atoms with E-state index in [1.165, 1.54) is 29.1 Å². The number of nitrogens with zero attached hydrogens (tertiary/aromatic N) is 2. The number of nitrogens with two attached hydrogens (primary N) is 1. The zero-order valence-corrected chi connectivity index (χ0v) is 11.3. The fraction of sp³-hybridized carbons (Fsp3) is 0. The molecular formula is C13H9F2N3O2S. The molecular weight excluding hydrogens is 300 g/mol. The van der Waals surface area contributed by atoms with Gasteiger partial charge in [0.25, 0.3) is 0 Å². The van der Waals surface area contributed by atoms with Crippen molar-refractivity contribution in [2.75, 3.05) is 0 Å². The number of fused-ring (bicyclic) bond motifs is 1. The minimum absolute atomic E-state index is 0.0185. The molecule has 5 nitrogen and oxygen atoms in total. The van der Waals surface area contributed by atoms with Crippen LogP contribution in [0.2, 0.25) is 0 Å². The monoisotopic (exact) mass is 309 g/mol. The summed E-state index contributed by atoms with van der Waals surface area (Å²) in [5.41, 5.74) is 0.196. The molecule has 0 spiro atoms. The summed E-state index contributed by atoms with van der Waals surface area (Å²) < 4.78 is 51.3. The Kier molecular flexibility index (Phi) is 2.99. The summed E-state index contributed by atoms with van der Waals surface area (Å²) in [6.07, 6.45) is 2.61. The molecule has 0 aliphatic carbocycles. The van der Waals surface area contributed by atoms with Gasteiger partial charge < -0.3 is 0 Å². The highest BCUT2D eigenvalue weighted by atomic mass is 32.2. The molecule has 0 atom stereocenters.